The topological polar surface area (TPSA) is 50.9 Å². The molecule has 2 aromatic rings. The van der Waals surface area contributed by atoms with Crippen molar-refractivity contribution in [1.82, 2.24) is 4.98 Å². The highest BCUT2D eigenvalue weighted by Gasteiger charge is 1.99. The summed E-state index contributed by atoms with van der Waals surface area (Å²) in [5.41, 5.74) is 8.86. The molecule has 0 aliphatic rings. The molecule has 1 aromatic heterocycles. The second-order valence-corrected chi connectivity index (χ2v) is 4.66. The first-order valence-electron chi connectivity index (χ1n) is 5.24. The van der Waals surface area contributed by atoms with E-state index in [-0.39, 0.29) is 0 Å². The predicted molar refractivity (Wildman–Crippen MR) is 69.9 cm³/mol. The minimum atomic E-state index is 0.794. The van der Waals surface area contributed by atoms with Crippen molar-refractivity contribution in [2.24, 2.45) is 0 Å². The number of anilines is 2. The molecule has 0 amide bonds. The van der Waals surface area contributed by atoms with Gasteiger partial charge in [0.05, 0.1) is 5.01 Å². The average molecular weight is 233 g/mol. The van der Waals surface area contributed by atoms with E-state index < -0.39 is 0 Å². The van der Waals surface area contributed by atoms with Crippen molar-refractivity contribution in [3.05, 3.63) is 40.3 Å². The summed E-state index contributed by atoms with van der Waals surface area (Å²) in [7, 11) is 0. The van der Waals surface area contributed by atoms with Crippen LogP contribution in [0.25, 0.3) is 0 Å². The smallest absolute Gasteiger partial charge is 0.0942 e. The quantitative estimate of drug-likeness (QED) is 0.798. The Morgan fingerprint density at radius 1 is 1.44 bits per heavy atom. The second-order valence-electron chi connectivity index (χ2n) is 3.68. The average Bonchev–Trinajstić information content (AvgIpc) is 2.76. The standard InChI is InChI=1S/C12H15N3S/c1-9-2-3-10(13)8-11(9)14-5-4-12-15-6-7-16-12/h2-3,6-8,14H,4-5,13H2,1H3. The monoisotopic (exact) mass is 233 g/mol. The molecule has 1 aromatic carbocycles. The van der Waals surface area contributed by atoms with E-state index in [9.17, 15) is 0 Å². The van der Waals surface area contributed by atoms with E-state index >= 15 is 0 Å². The minimum absolute atomic E-state index is 0.794. The molecule has 0 aliphatic heterocycles. The van der Waals surface area contributed by atoms with Gasteiger partial charge < -0.3 is 11.1 Å². The zero-order chi connectivity index (χ0) is 11.4. The SMILES string of the molecule is Cc1ccc(N)cc1NCCc1nccs1. The molecule has 0 bridgehead atoms. The summed E-state index contributed by atoms with van der Waals surface area (Å²) in [6, 6.07) is 5.92. The van der Waals surface area contributed by atoms with Gasteiger partial charge in [-0.2, -0.15) is 0 Å². The second kappa shape index (κ2) is 4.99. The Morgan fingerprint density at radius 3 is 3.06 bits per heavy atom. The summed E-state index contributed by atoms with van der Waals surface area (Å²) >= 11 is 1.69. The van der Waals surface area contributed by atoms with Crippen LogP contribution in [0.15, 0.2) is 29.8 Å². The number of hydrogen-bond donors (Lipinski definition) is 2. The van der Waals surface area contributed by atoms with Crippen LogP contribution in [0, 0.1) is 6.92 Å². The largest absolute Gasteiger partial charge is 0.399 e. The van der Waals surface area contributed by atoms with Crippen molar-refractivity contribution in [3.63, 3.8) is 0 Å². The van der Waals surface area contributed by atoms with E-state index in [1.54, 1.807) is 11.3 Å². The minimum Gasteiger partial charge on any atom is -0.399 e. The molecule has 0 unspecified atom stereocenters. The number of benzene rings is 1. The zero-order valence-electron chi connectivity index (χ0n) is 9.23. The van der Waals surface area contributed by atoms with Crippen LogP contribution in [-0.4, -0.2) is 11.5 Å². The number of nitrogen functional groups attached to an aromatic ring is 1. The first-order chi connectivity index (χ1) is 7.75. The molecule has 16 heavy (non-hydrogen) atoms. The third-order valence-corrected chi connectivity index (χ3v) is 3.24. The van der Waals surface area contributed by atoms with E-state index in [4.69, 9.17) is 5.73 Å². The number of rotatable bonds is 4. The van der Waals surface area contributed by atoms with Crippen molar-refractivity contribution in [3.8, 4) is 0 Å². The lowest BCUT2D eigenvalue weighted by atomic mass is 10.2. The van der Waals surface area contributed by atoms with E-state index in [0.29, 0.717) is 0 Å². The Bertz CT molecular complexity index is 451. The van der Waals surface area contributed by atoms with Crippen LogP contribution in [0.2, 0.25) is 0 Å². The van der Waals surface area contributed by atoms with Gasteiger partial charge in [-0.25, -0.2) is 4.98 Å². The van der Waals surface area contributed by atoms with Crippen molar-refractivity contribution in [2.75, 3.05) is 17.6 Å². The zero-order valence-corrected chi connectivity index (χ0v) is 10.1. The van der Waals surface area contributed by atoms with Gasteiger partial charge in [-0.3, -0.25) is 0 Å². The van der Waals surface area contributed by atoms with E-state index in [1.807, 2.05) is 29.8 Å². The van der Waals surface area contributed by atoms with Gasteiger partial charge in [0.15, 0.2) is 0 Å². The molecular weight excluding hydrogens is 218 g/mol. The van der Waals surface area contributed by atoms with Crippen molar-refractivity contribution >= 4 is 22.7 Å². The Labute approximate surface area is 99.3 Å². The molecule has 0 spiro atoms. The van der Waals surface area contributed by atoms with Gasteiger partial charge >= 0.3 is 0 Å². The van der Waals surface area contributed by atoms with Gasteiger partial charge in [-0.15, -0.1) is 11.3 Å². The van der Waals surface area contributed by atoms with Crippen LogP contribution in [0.3, 0.4) is 0 Å². The summed E-state index contributed by atoms with van der Waals surface area (Å²) in [6.07, 6.45) is 2.79. The fourth-order valence-corrected chi connectivity index (χ4v) is 2.13. The number of thiazole rings is 1. The fraction of sp³-hybridized carbons (Fsp3) is 0.250. The normalized spacial score (nSPS) is 10.3. The number of aromatic nitrogens is 1. The summed E-state index contributed by atoms with van der Waals surface area (Å²) < 4.78 is 0. The molecule has 2 rings (SSSR count). The third-order valence-electron chi connectivity index (χ3n) is 2.40. The molecule has 0 saturated carbocycles. The fourth-order valence-electron chi connectivity index (χ4n) is 1.51. The predicted octanol–water partition coefficient (Wildman–Crippen LogP) is 2.69. The molecule has 0 radical (unpaired) electrons. The molecule has 3 nitrogen and oxygen atoms in total. The van der Waals surface area contributed by atoms with Gasteiger partial charge in [-0.05, 0) is 24.6 Å². The van der Waals surface area contributed by atoms with Crippen molar-refractivity contribution in [1.29, 1.82) is 0 Å². The highest BCUT2D eigenvalue weighted by atomic mass is 32.1. The Balaban J connectivity index is 1.92. The lowest BCUT2D eigenvalue weighted by Crippen LogP contribution is -2.06. The lowest BCUT2D eigenvalue weighted by molar-refractivity contribution is 0.996. The highest BCUT2D eigenvalue weighted by Crippen LogP contribution is 2.18. The summed E-state index contributed by atoms with van der Waals surface area (Å²) in [4.78, 5) is 4.24. The highest BCUT2D eigenvalue weighted by molar-refractivity contribution is 7.09. The van der Waals surface area contributed by atoms with E-state index in [1.165, 1.54) is 5.56 Å². The van der Waals surface area contributed by atoms with Crippen molar-refractivity contribution < 1.29 is 0 Å². The van der Waals surface area contributed by atoms with Gasteiger partial charge in [-0.1, -0.05) is 6.07 Å². The van der Waals surface area contributed by atoms with Crippen LogP contribution in [0.1, 0.15) is 10.6 Å². The summed E-state index contributed by atoms with van der Waals surface area (Å²) in [5, 5.41) is 6.54. The lowest BCUT2D eigenvalue weighted by Gasteiger charge is -2.09. The third kappa shape index (κ3) is 2.73. The van der Waals surface area contributed by atoms with E-state index in [0.717, 1.165) is 29.3 Å². The number of aryl methyl sites for hydroxylation is 1. The molecule has 0 saturated heterocycles. The van der Waals surface area contributed by atoms with Gasteiger partial charge in [0.1, 0.15) is 0 Å². The number of nitrogens with one attached hydrogen (secondary N) is 1. The maximum Gasteiger partial charge on any atom is 0.0942 e. The summed E-state index contributed by atoms with van der Waals surface area (Å²) in [5.74, 6) is 0. The maximum absolute atomic E-state index is 5.74. The number of nitrogens with two attached hydrogens (primary N) is 1. The van der Waals surface area contributed by atoms with Gasteiger partial charge in [0, 0.05) is 35.9 Å². The molecule has 0 atom stereocenters. The first kappa shape index (κ1) is 11.0. The van der Waals surface area contributed by atoms with Gasteiger partial charge in [0.25, 0.3) is 0 Å². The summed E-state index contributed by atoms with van der Waals surface area (Å²) in [6.45, 7) is 2.96. The van der Waals surface area contributed by atoms with Crippen LogP contribution in [0.4, 0.5) is 11.4 Å². The first-order valence-corrected chi connectivity index (χ1v) is 6.12. The molecule has 3 N–H and O–H groups in total. The number of hydrogen-bond acceptors (Lipinski definition) is 4. The number of nitrogens with zero attached hydrogens (tertiary/aromatic N) is 1. The van der Waals surface area contributed by atoms with E-state index in [2.05, 4.69) is 17.2 Å². The molecular formula is C12H15N3S. The Morgan fingerprint density at radius 2 is 2.31 bits per heavy atom. The molecule has 1 heterocycles. The molecule has 0 aliphatic carbocycles. The van der Waals surface area contributed by atoms with Crippen LogP contribution >= 0.6 is 11.3 Å². The van der Waals surface area contributed by atoms with Gasteiger partial charge in [0.2, 0.25) is 0 Å². The molecule has 0 fully saturated rings. The van der Waals surface area contributed by atoms with Crippen molar-refractivity contribution in [2.45, 2.75) is 13.3 Å². The maximum atomic E-state index is 5.74. The Hall–Kier alpha value is -1.55. The molecule has 84 valence electrons. The Kier molecular flexibility index (Phi) is 3.41. The van der Waals surface area contributed by atoms with Crippen LogP contribution < -0.4 is 11.1 Å². The molecule has 4 heteroatoms. The van der Waals surface area contributed by atoms with Crippen LogP contribution in [-0.2, 0) is 6.42 Å². The van der Waals surface area contributed by atoms with Crippen LogP contribution in [0.5, 0.6) is 0 Å².